The molecule has 34 nitrogen and oxygen atoms in total. The first-order valence-corrected chi connectivity index (χ1v) is 38.5. The molecule has 614 valence electrons. The van der Waals surface area contributed by atoms with Crippen LogP contribution in [0.15, 0.2) is 109 Å². The minimum atomic E-state index is -1.91. The molecule has 115 heavy (non-hydrogen) atoms. The molecular formula is C80H101FN17O17+. The lowest BCUT2D eigenvalue weighted by atomic mass is 9.96. The average molecular weight is 1590 g/mol. The zero-order valence-electron chi connectivity index (χ0n) is 65.3. The van der Waals surface area contributed by atoms with Crippen LogP contribution in [0.1, 0.15) is 97.5 Å². The second-order valence-corrected chi connectivity index (χ2v) is 30.6. The molecule has 11 N–H and O–H groups in total. The van der Waals surface area contributed by atoms with Crippen LogP contribution in [0, 0.1) is 5.82 Å². The summed E-state index contributed by atoms with van der Waals surface area (Å²) in [5, 5.41) is 48.2. The van der Waals surface area contributed by atoms with Gasteiger partial charge in [0.15, 0.2) is 0 Å². The first-order valence-electron chi connectivity index (χ1n) is 38.5. The Morgan fingerprint density at radius 1 is 0.739 bits per heavy atom. The molecule has 35 heteroatoms. The molecule has 9 atom stereocenters. The summed E-state index contributed by atoms with van der Waals surface area (Å²) < 4.78 is 42.7. The third kappa shape index (κ3) is 22.7. The Kier molecular flexibility index (Phi) is 28.3. The maximum atomic E-state index is 16.2. The highest BCUT2D eigenvalue weighted by atomic mass is 19.1. The molecular weight excluding hydrogens is 1490 g/mol. The fourth-order valence-corrected chi connectivity index (χ4v) is 14.5. The van der Waals surface area contributed by atoms with Crippen molar-refractivity contribution in [3.05, 3.63) is 154 Å². The number of amides is 12. The van der Waals surface area contributed by atoms with Gasteiger partial charge in [-0.25, -0.2) is 9.07 Å². The molecule has 8 heterocycles. The number of nitrogens with one attached hydrogen (secondary N) is 10. The standard InChI is InChI=1S/C80H100FN17O17/c1-48(99)71-75(107)90-60(36-50-13-18-57(112-6)19-14-50)78(110)97-28-8-26-80(97,2)79(111)82-27-23-49-11-15-53(16-12-49)63-46-95-45-56(92-93-95)44-94-43-54(58-39-55(81)17-20-64(58)94)38-61-77(109)96-29-24-65(72(96)76(108)91-71)115-47-70(104)83-40-52-10-7-9-51(35-52)37-59(74(106)89-61)86-69(103)42-85-73(105)62(87-67(101)21-22-68(102)88-63)41-84-66(100)25-31-113-33-34-114-32-30-98(3,4)5/h7,9-20,35-36,39,43,45,48,59,61-63,65,71-72,99H,8,21-34,37-38,40-42,44,46-47H2,1-6H3,(H9-,82,83,84,85,86,87,88,89,90,91,100,101,102,103,104,105,106,107,108,111)/p+1/b60-36+/t48-,59+,61+,62+,63-,65?,71+,72+,80+/m1/s1. The lowest BCUT2D eigenvalue weighted by Gasteiger charge is -2.35. The van der Waals surface area contributed by atoms with E-state index in [9.17, 15) is 38.7 Å². The fraction of sp³-hybridized carbons (Fsp3) is 0.475. The monoisotopic (exact) mass is 1590 g/mol. The van der Waals surface area contributed by atoms with Crippen molar-refractivity contribution in [1.82, 2.24) is 82.5 Å². The summed E-state index contributed by atoms with van der Waals surface area (Å²) in [4.78, 5) is 179. The molecule has 2 aromatic heterocycles. The predicted molar refractivity (Wildman–Crippen MR) is 413 cm³/mol. The Morgan fingerprint density at radius 3 is 2.23 bits per heavy atom. The quantitative estimate of drug-likeness (QED) is 0.0367. The number of aliphatic hydroxyl groups excluding tert-OH is 1. The Hall–Kier alpha value is -11.5. The smallest absolute Gasteiger partial charge is 0.271 e. The van der Waals surface area contributed by atoms with Crippen LogP contribution in [-0.2, 0) is 111 Å². The number of aromatic nitrogens is 4. The summed E-state index contributed by atoms with van der Waals surface area (Å²) in [7, 11) is 7.57. The highest BCUT2D eigenvalue weighted by Crippen LogP contribution is 2.33. The van der Waals surface area contributed by atoms with Crippen LogP contribution >= 0.6 is 0 Å². The van der Waals surface area contributed by atoms with Crippen molar-refractivity contribution in [3.8, 4) is 5.75 Å². The van der Waals surface area contributed by atoms with E-state index in [-0.39, 0.29) is 101 Å². The highest BCUT2D eigenvalue weighted by molar-refractivity contribution is 6.06. The van der Waals surface area contributed by atoms with Gasteiger partial charge in [-0.3, -0.25) is 57.5 Å². The number of hydrogen-bond donors (Lipinski definition) is 11. The van der Waals surface area contributed by atoms with E-state index in [1.165, 1.54) is 47.9 Å². The molecule has 0 aliphatic carbocycles. The Labute approximate surface area is 663 Å². The predicted octanol–water partition coefficient (Wildman–Crippen LogP) is -0.626. The Morgan fingerprint density at radius 2 is 1.48 bits per heavy atom. The van der Waals surface area contributed by atoms with Gasteiger partial charge in [0.25, 0.3) is 5.91 Å². The van der Waals surface area contributed by atoms with Crippen LogP contribution in [0.2, 0.25) is 0 Å². The van der Waals surface area contributed by atoms with Crippen LogP contribution in [-0.4, -0.2) is 258 Å². The van der Waals surface area contributed by atoms with Gasteiger partial charge in [-0.1, -0.05) is 65.9 Å². The van der Waals surface area contributed by atoms with E-state index in [0.717, 1.165) is 17.0 Å². The van der Waals surface area contributed by atoms with Gasteiger partial charge in [0.2, 0.25) is 65.0 Å². The Balaban J connectivity index is 0.997. The average Bonchev–Trinajstić information content (AvgIpc) is 1.65. The van der Waals surface area contributed by atoms with Gasteiger partial charge in [0.1, 0.15) is 71.9 Å². The molecule has 0 saturated carbocycles. The molecule has 2 fully saturated rings. The van der Waals surface area contributed by atoms with Crippen molar-refractivity contribution in [2.75, 3.05) is 101 Å². The number of rotatable bonds is 14. The lowest BCUT2D eigenvalue weighted by molar-refractivity contribution is -0.870. The zero-order chi connectivity index (χ0) is 82.1. The van der Waals surface area contributed by atoms with Gasteiger partial charge in [0.05, 0.1) is 98.8 Å². The van der Waals surface area contributed by atoms with E-state index in [0.29, 0.717) is 63.1 Å². The van der Waals surface area contributed by atoms with E-state index < -0.39 is 170 Å². The molecule has 2 saturated heterocycles. The van der Waals surface area contributed by atoms with Crippen LogP contribution in [0.25, 0.3) is 17.0 Å². The SMILES string of the molecule is COc1ccc(/C=C2/NC(=O)[C@H]([C@@H](C)O)NC(=O)[C@@H]3C4CCN3C(=O)[C@@H]3Cc5cn(c6ccc(F)cc56)Cc5cn(nn5)C[C@@H](NC(=O)CCC(=O)N[C@@H](CNC(=O)CCOCCOCC[N+](C)(C)C)C(=O)NCC(=O)N[C@@H](Cc5cccc(c5)CNC(=O)CO4)C(=O)N3)c3ccc(cc3)CCNC(=O)[C@]3(C)CCCN3C2=O)cc1. The van der Waals surface area contributed by atoms with Crippen molar-refractivity contribution >= 4 is 87.9 Å². The maximum Gasteiger partial charge on any atom is 0.271 e. The van der Waals surface area contributed by atoms with E-state index in [1.807, 2.05) is 21.1 Å². The van der Waals surface area contributed by atoms with Gasteiger partial charge in [-0.05, 0) is 109 Å². The number of likely N-dealkylation sites (N-methyl/N-ethyl adjacent to an activating group) is 1. The second kappa shape index (κ2) is 38.5. The molecule has 0 spiro atoms. The summed E-state index contributed by atoms with van der Waals surface area (Å²) in [6.07, 6.45) is 0.510. The summed E-state index contributed by atoms with van der Waals surface area (Å²) in [5.41, 5.74) is 1.92. The molecule has 6 aromatic rings. The molecule has 4 aromatic carbocycles. The third-order valence-electron chi connectivity index (χ3n) is 20.8. The topological polar surface area (TPSA) is 424 Å². The van der Waals surface area contributed by atoms with Gasteiger partial charge >= 0.3 is 0 Å². The normalized spacial score (nSPS) is 23.8. The number of benzene rings is 4. The lowest BCUT2D eigenvalue weighted by Crippen LogP contribution is -2.62. The van der Waals surface area contributed by atoms with Crippen molar-refractivity contribution in [1.29, 1.82) is 0 Å². The minimum Gasteiger partial charge on any atom is -0.497 e. The van der Waals surface area contributed by atoms with Gasteiger partial charge < -0.3 is 96.1 Å². The number of carbonyl (C=O) groups excluding carboxylic acids is 12. The maximum absolute atomic E-state index is 16.2. The first kappa shape index (κ1) is 84.4. The molecule has 12 amide bonds. The zero-order valence-corrected chi connectivity index (χ0v) is 65.3. The largest absolute Gasteiger partial charge is 0.497 e. The van der Waals surface area contributed by atoms with Crippen molar-refractivity contribution < 1.29 is 90.5 Å². The first-order chi connectivity index (χ1) is 55.1. The van der Waals surface area contributed by atoms with Gasteiger partial charge in [0, 0.05) is 81.9 Å². The van der Waals surface area contributed by atoms with Gasteiger partial charge in [-0.2, -0.15) is 0 Å². The molecule has 6 aliphatic rings. The summed E-state index contributed by atoms with van der Waals surface area (Å²) in [5.74, 6) is -10.2. The number of fused-ring (bicyclic) bond motifs is 16. The number of nitrogens with zero attached hydrogens (tertiary/aromatic N) is 7. The number of quaternary nitrogens is 1. The highest BCUT2D eigenvalue weighted by Gasteiger charge is 2.49. The van der Waals surface area contributed by atoms with E-state index in [4.69, 9.17) is 18.9 Å². The number of carbonyl (C=O) groups is 12. The molecule has 0 radical (unpaired) electrons. The fourth-order valence-electron chi connectivity index (χ4n) is 14.5. The van der Waals surface area contributed by atoms with Crippen molar-refractivity contribution in [2.45, 2.75) is 145 Å². The summed E-state index contributed by atoms with van der Waals surface area (Å²) in [6.45, 7) is 2.24. The number of halogens is 1. The minimum absolute atomic E-state index is 0.0188. The van der Waals surface area contributed by atoms with Crippen LogP contribution in [0.4, 0.5) is 4.39 Å². The Bertz CT molecular complexity index is 4600. The molecule has 14 bridgehead atoms. The van der Waals surface area contributed by atoms with Gasteiger partial charge in [-0.15, -0.1) is 5.10 Å². The number of hydrogen-bond acceptors (Lipinski definition) is 19. The van der Waals surface area contributed by atoms with E-state index in [2.05, 4.69) is 63.5 Å². The van der Waals surface area contributed by atoms with Crippen molar-refractivity contribution in [3.63, 3.8) is 0 Å². The number of aliphatic hydroxyl groups is 1. The van der Waals surface area contributed by atoms with Crippen LogP contribution in [0.5, 0.6) is 5.75 Å². The van der Waals surface area contributed by atoms with Crippen molar-refractivity contribution in [2.24, 2.45) is 0 Å². The molecule has 12 rings (SSSR count). The third-order valence-corrected chi connectivity index (χ3v) is 20.8. The van der Waals surface area contributed by atoms with E-state index in [1.54, 1.807) is 96.7 Å². The second-order valence-electron chi connectivity index (χ2n) is 30.6. The summed E-state index contributed by atoms with van der Waals surface area (Å²) in [6, 6.07) is 14.8. The molecule has 1 unspecified atom stereocenters. The van der Waals surface area contributed by atoms with Crippen LogP contribution in [0.3, 0.4) is 0 Å². The summed E-state index contributed by atoms with van der Waals surface area (Å²) >= 11 is 0. The number of ether oxygens (including phenoxy) is 4. The van der Waals surface area contributed by atoms with E-state index >= 15 is 28.4 Å². The molecule has 6 aliphatic heterocycles. The number of methoxy groups -OCH3 is 1. The van der Waals surface area contributed by atoms with Crippen LogP contribution < -0.4 is 57.9 Å².